The van der Waals surface area contributed by atoms with Gasteiger partial charge in [0.15, 0.2) is 0 Å². The Balaban J connectivity index is 4.32. The van der Waals surface area contributed by atoms with Crippen LogP contribution < -0.4 is 5.73 Å². The molecule has 62 valence electrons. The van der Waals surface area contributed by atoms with E-state index in [9.17, 15) is 4.79 Å². The molecular weight excluding hydrogens is 144 g/mol. The molecule has 3 N–H and O–H groups in total. The molecule has 0 rings (SSSR count). The van der Waals surface area contributed by atoms with Gasteiger partial charge < -0.3 is 15.7 Å². The third-order valence-corrected chi connectivity index (χ3v) is 1.03. The van der Waals surface area contributed by atoms with E-state index in [-0.39, 0.29) is 17.4 Å². The number of aliphatic hydroxyl groups excluding tert-OH is 1. The van der Waals surface area contributed by atoms with Crippen LogP contribution in [-0.2, 0) is 4.79 Å². The van der Waals surface area contributed by atoms with Gasteiger partial charge in [-0.05, 0) is 0 Å². The van der Waals surface area contributed by atoms with Crippen molar-refractivity contribution in [3.05, 3.63) is 24.1 Å². The maximum absolute atomic E-state index is 10.9. The highest BCUT2D eigenvalue weighted by Gasteiger charge is 2.02. The predicted molar refractivity (Wildman–Crippen MR) is 42.7 cm³/mol. The highest BCUT2D eigenvalue weighted by molar-refractivity contribution is 5.88. The maximum Gasteiger partial charge on any atom is 0.249 e. The molecule has 0 saturated heterocycles. The molecule has 0 atom stereocenters. The van der Waals surface area contributed by atoms with E-state index in [0.29, 0.717) is 0 Å². The molecule has 0 aliphatic carbocycles. The molecule has 4 nitrogen and oxygen atoms in total. The molecule has 0 bridgehead atoms. The van der Waals surface area contributed by atoms with Crippen LogP contribution in [0.4, 0.5) is 0 Å². The molecule has 0 aliphatic heterocycles. The zero-order valence-corrected chi connectivity index (χ0v) is 6.66. The van der Waals surface area contributed by atoms with E-state index >= 15 is 0 Å². The number of amides is 1. The molecule has 0 unspecified atom stereocenters. The number of nitrogens with two attached hydrogens (primary N) is 1. The third-order valence-electron chi connectivity index (χ3n) is 1.03. The Kier molecular flexibility index (Phi) is 3.17. The van der Waals surface area contributed by atoms with Gasteiger partial charge in [-0.1, -0.05) is 6.58 Å². The van der Waals surface area contributed by atoms with Gasteiger partial charge in [0.1, 0.15) is 5.76 Å². The number of carbonyl (C=O) groups is 1. The summed E-state index contributed by atoms with van der Waals surface area (Å²) in [5.41, 5.74) is 5.09. The fraction of sp³-hybridized carbons (Fsp3) is 0.286. The summed E-state index contributed by atoms with van der Waals surface area (Å²) in [7, 11) is 3.15. The van der Waals surface area contributed by atoms with Crippen molar-refractivity contribution in [2.45, 2.75) is 0 Å². The summed E-state index contributed by atoms with van der Waals surface area (Å²) in [6.45, 7) is 3.26. The molecule has 1 amide bonds. The molecule has 0 aromatic heterocycles. The fourth-order valence-electron chi connectivity index (χ4n) is 0.339. The quantitative estimate of drug-likeness (QED) is 0.335. The van der Waals surface area contributed by atoms with Gasteiger partial charge in [-0.25, -0.2) is 0 Å². The van der Waals surface area contributed by atoms with E-state index in [0.717, 1.165) is 6.08 Å². The fourth-order valence-corrected chi connectivity index (χ4v) is 0.339. The van der Waals surface area contributed by atoms with E-state index in [2.05, 4.69) is 6.58 Å². The summed E-state index contributed by atoms with van der Waals surface area (Å²) in [5.74, 6) is -0.613. The van der Waals surface area contributed by atoms with Crippen molar-refractivity contribution >= 4 is 5.91 Å². The van der Waals surface area contributed by atoms with Gasteiger partial charge in [0.2, 0.25) is 5.91 Å². The molecule has 4 heteroatoms. The zero-order valence-electron chi connectivity index (χ0n) is 6.66. The lowest BCUT2D eigenvalue weighted by atomic mass is 10.3. The van der Waals surface area contributed by atoms with Gasteiger partial charge in [0.05, 0.1) is 5.70 Å². The van der Waals surface area contributed by atoms with E-state index < -0.39 is 0 Å². The normalized spacial score (nSPS) is 10.9. The number of hydrogen-bond donors (Lipinski definition) is 2. The molecule has 0 aliphatic rings. The van der Waals surface area contributed by atoms with Crippen LogP contribution in [0.2, 0.25) is 0 Å². The average Bonchev–Trinajstić information content (AvgIpc) is 1.87. The van der Waals surface area contributed by atoms with Crippen LogP contribution >= 0.6 is 0 Å². The van der Waals surface area contributed by atoms with Crippen molar-refractivity contribution in [1.82, 2.24) is 4.90 Å². The van der Waals surface area contributed by atoms with Crippen LogP contribution in [-0.4, -0.2) is 30.0 Å². The first kappa shape index (κ1) is 9.55. The first-order valence-corrected chi connectivity index (χ1v) is 3.02. The number of hydrogen-bond acceptors (Lipinski definition) is 3. The number of carbonyl (C=O) groups excluding carboxylic acids is 1. The maximum atomic E-state index is 10.9. The van der Waals surface area contributed by atoms with Gasteiger partial charge in [0, 0.05) is 20.2 Å². The van der Waals surface area contributed by atoms with Crippen LogP contribution in [0.3, 0.4) is 0 Å². The Morgan fingerprint density at radius 2 is 2.09 bits per heavy atom. The minimum atomic E-state index is -0.325. The van der Waals surface area contributed by atoms with E-state index in [1.54, 1.807) is 14.1 Å². The van der Waals surface area contributed by atoms with Gasteiger partial charge in [-0.15, -0.1) is 0 Å². The SMILES string of the molecule is C=C(N)C(O)=CC(=O)N(C)C. The van der Waals surface area contributed by atoms with Crippen molar-refractivity contribution < 1.29 is 9.90 Å². The molecule has 0 saturated carbocycles. The number of likely N-dealkylation sites (N-methyl/N-ethyl adjacent to an activating group) is 1. The Morgan fingerprint density at radius 3 is 2.36 bits per heavy atom. The number of aliphatic hydroxyl groups is 1. The van der Waals surface area contributed by atoms with E-state index in [4.69, 9.17) is 10.8 Å². The van der Waals surface area contributed by atoms with Crippen molar-refractivity contribution in [2.75, 3.05) is 14.1 Å². The Labute approximate surface area is 65.6 Å². The first-order chi connectivity index (χ1) is 4.95. The standard InChI is InChI=1S/C7H12N2O2/c1-5(8)6(10)4-7(11)9(2)3/h4,10H,1,8H2,2-3H3. The summed E-state index contributed by atoms with van der Waals surface area (Å²) in [6, 6.07) is 0. The van der Waals surface area contributed by atoms with Gasteiger partial charge in [-0.2, -0.15) is 0 Å². The molecule has 0 fully saturated rings. The predicted octanol–water partition coefficient (Wildman–Crippen LogP) is -0.0111. The van der Waals surface area contributed by atoms with Crippen LogP contribution in [0.25, 0.3) is 0 Å². The molecule has 0 spiro atoms. The third kappa shape index (κ3) is 3.30. The van der Waals surface area contributed by atoms with Crippen molar-refractivity contribution in [2.24, 2.45) is 5.73 Å². The summed E-state index contributed by atoms with van der Waals surface area (Å²) >= 11 is 0. The molecule has 0 aromatic rings. The minimum absolute atomic E-state index is 0.0137. The van der Waals surface area contributed by atoms with Crippen LogP contribution in [0.15, 0.2) is 24.1 Å². The molecule has 11 heavy (non-hydrogen) atoms. The average molecular weight is 156 g/mol. The summed E-state index contributed by atoms with van der Waals surface area (Å²) < 4.78 is 0. The largest absolute Gasteiger partial charge is 0.506 e. The summed E-state index contributed by atoms with van der Waals surface area (Å²) in [5, 5.41) is 8.93. The van der Waals surface area contributed by atoms with E-state index in [1.165, 1.54) is 4.90 Å². The number of rotatable bonds is 2. The van der Waals surface area contributed by atoms with Gasteiger partial charge in [-0.3, -0.25) is 4.79 Å². The van der Waals surface area contributed by atoms with Crippen molar-refractivity contribution in [1.29, 1.82) is 0 Å². The Hall–Kier alpha value is -1.45. The zero-order chi connectivity index (χ0) is 9.02. The second-order valence-electron chi connectivity index (χ2n) is 2.29. The Morgan fingerprint density at radius 1 is 1.64 bits per heavy atom. The van der Waals surface area contributed by atoms with Crippen LogP contribution in [0.1, 0.15) is 0 Å². The molecule has 0 radical (unpaired) electrons. The molecular formula is C7H12N2O2. The molecule has 0 heterocycles. The monoisotopic (exact) mass is 156 g/mol. The van der Waals surface area contributed by atoms with Gasteiger partial charge in [0.25, 0.3) is 0 Å². The Bertz CT molecular complexity index is 206. The number of nitrogens with zero attached hydrogens (tertiary/aromatic N) is 1. The second kappa shape index (κ2) is 3.65. The van der Waals surface area contributed by atoms with Gasteiger partial charge >= 0.3 is 0 Å². The van der Waals surface area contributed by atoms with E-state index in [1.807, 2.05) is 0 Å². The second-order valence-corrected chi connectivity index (χ2v) is 2.29. The highest BCUT2D eigenvalue weighted by Crippen LogP contribution is 1.96. The lowest BCUT2D eigenvalue weighted by Crippen LogP contribution is -2.20. The molecule has 0 aromatic carbocycles. The topological polar surface area (TPSA) is 66.6 Å². The smallest absolute Gasteiger partial charge is 0.249 e. The van der Waals surface area contributed by atoms with Crippen LogP contribution in [0.5, 0.6) is 0 Å². The summed E-state index contributed by atoms with van der Waals surface area (Å²) in [4.78, 5) is 12.2. The van der Waals surface area contributed by atoms with Crippen molar-refractivity contribution in [3.63, 3.8) is 0 Å². The summed E-state index contributed by atoms with van der Waals surface area (Å²) in [6.07, 6.45) is 1.02. The lowest BCUT2D eigenvalue weighted by molar-refractivity contribution is -0.123. The first-order valence-electron chi connectivity index (χ1n) is 3.02. The van der Waals surface area contributed by atoms with Crippen LogP contribution in [0, 0.1) is 0 Å². The lowest BCUT2D eigenvalue weighted by Gasteiger charge is -2.06. The minimum Gasteiger partial charge on any atom is -0.506 e. The van der Waals surface area contributed by atoms with Crippen molar-refractivity contribution in [3.8, 4) is 0 Å². The highest BCUT2D eigenvalue weighted by atomic mass is 16.3.